The Hall–Kier alpha value is -1.30. The molecule has 21 heavy (non-hydrogen) atoms. The van der Waals surface area contributed by atoms with Crippen molar-refractivity contribution in [2.75, 3.05) is 20.2 Å². The Labute approximate surface area is 124 Å². The lowest BCUT2D eigenvalue weighted by Gasteiger charge is -2.60. The zero-order chi connectivity index (χ0) is 15.0. The monoisotopic (exact) mass is 296 g/mol. The lowest BCUT2D eigenvalue weighted by Crippen LogP contribution is -2.68. The van der Waals surface area contributed by atoms with Gasteiger partial charge in [0, 0.05) is 31.7 Å². The molecule has 2 amide bonds. The van der Waals surface area contributed by atoms with Crippen molar-refractivity contribution in [3.05, 3.63) is 0 Å². The van der Waals surface area contributed by atoms with Crippen LogP contribution in [0.15, 0.2) is 0 Å². The van der Waals surface area contributed by atoms with Gasteiger partial charge in [-0.1, -0.05) is 6.42 Å². The minimum Gasteiger partial charge on any atom is -0.481 e. The summed E-state index contributed by atoms with van der Waals surface area (Å²) in [6, 6.07) is 0.0840. The van der Waals surface area contributed by atoms with Crippen LogP contribution >= 0.6 is 0 Å². The van der Waals surface area contributed by atoms with E-state index in [-0.39, 0.29) is 23.6 Å². The van der Waals surface area contributed by atoms with Crippen molar-refractivity contribution >= 4 is 12.0 Å². The molecule has 0 aromatic heterocycles. The average molecular weight is 296 g/mol. The standard InChI is InChI=1S/C15H24N2O4/c1-21-12-8-11(15(12)5-3-6-15)16-14(20)17-7-2-4-10(9-17)13(18)19/h10-12H,2-9H2,1H3,(H,16,20)(H,18,19). The number of hydrogen-bond donors (Lipinski definition) is 2. The summed E-state index contributed by atoms with van der Waals surface area (Å²) >= 11 is 0. The highest BCUT2D eigenvalue weighted by molar-refractivity contribution is 5.77. The van der Waals surface area contributed by atoms with Gasteiger partial charge < -0.3 is 20.1 Å². The average Bonchev–Trinajstić information content (AvgIpc) is 2.41. The van der Waals surface area contributed by atoms with E-state index in [1.54, 1.807) is 12.0 Å². The summed E-state index contributed by atoms with van der Waals surface area (Å²) in [4.78, 5) is 25.1. The van der Waals surface area contributed by atoms with Crippen LogP contribution < -0.4 is 5.32 Å². The van der Waals surface area contributed by atoms with Crippen LogP contribution in [-0.2, 0) is 9.53 Å². The maximum Gasteiger partial charge on any atom is 0.317 e. The van der Waals surface area contributed by atoms with Crippen molar-refractivity contribution < 1.29 is 19.4 Å². The minimum atomic E-state index is -0.800. The first-order valence-electron chi connectivity index (χ1n) is 7.88. The van der Waals surface area contributed by atoms with Gasteiger partial charge in [-0.3, -0.25) is 4.79 Å². The molecule has 1 heterocycles. The van der Waals surface area contributed by atoms with Gasteiger partial charge in [-0.25, -0.2) is 4.79 Å². The Morgan fingerprint density at radius 3 is 2.67 bits per heavy atom. The van der Waals surface area contributed by atoms with E-state index >= 15 is 0 Å². The van der Waals surface area contributed by atoms with Crippen LogP contribution in [0.2, 0.25) is 0 Å². The van der Waals surface area contributed by atoms with E-state index in [9.17, 15) is 9.59 Å². The lowest BCUT2D eigenvalue weighted by atomic mass is 9.51. The number of carboxylic acid groups (broad SMARTS) is 1. The molecule has 3 unspecified atom stereocenters. The number of nitrogens with one attached hydrogen (secondary N) is 1. The molecule has 3 atom stereocenters. The fraction of sp³-hybridized carbons (Fsp3) is 0.867. The van der Waals surface area contributed by atoms with Gasteiger partial charge >= 0.3 is 12.0 Å². The molecular weight excluding hydrogens is 272 g/mol. The zero-order valence-electron chi connectivity index (χ0n) is 12.5. The molecule has 1 saturated heterocycles. The number of ether oxygens (including phenoxy) is 1. The van der Waals surface area contributed by atoms with Gasteiger partial charge in [0.1, 0.15) is 0 Å². The molecule has 2 saturated carbocycles. The quantitative estimate of drug-likeness (QED) is 0.826. The number of hydrogen-bond acceptors (Lipinski definition) is 3. The van der Waals surface area contributed by atoms with E-state index in [0.717, 1.165) is 25.7 Å². The van der Waals surface area contributed by atoms with Gasteiger partial charge in [0.25, 0.3) is 0 Å². The van der Waals surface area contributed by atoms with Gasteiger partial charge in [0.15, 0.2) is 0 Å². The van der Waals surface area contributed by atoms with Gasteiger partial charge in [-0.15, -0.1) is 0 Å². The molecule has 2 N–H and O–H groups in total. The molecule has 1 spiro atoms. The molecule has 3 fully saturated rings. The first kappa shape index (κ1) is 14.6. The molecule has 118 valence electrons. The van der Waals surface area contributed by atoms with Gasteiger partial charge in [-0.2, -0.15) is 0 Å². The number of urea groups is 1. The number of carbonyl (C=O) groups excluding carboxylic acids is 1. The van der Waals surface area contributed by atoms with Crippen molar-refractivity contribution in [1.82, 2.24) is 10.2 Å². The van der Waals surface area contributed by atoms with Crippen molar-refractivity contribution in [2.45, 2.75) is 50.7 Å². The Balaban J connectivity index is 1.56. The molecule has 3 rings (SSSR count). The van der Waals surface area contributed by atoms with E-state index in [4.69, 9.17) is 9.84 Å². The predicted molar refractivity (Wildman–Crippen MR) is 76.0 cm³/mol. The normalized spacial score (nSPS) is 34.0. The Morgan fingerprint density at radius 2 is 2.10 bits per heavy atom. The number of likely N-dealkylation sites (tertiary alicyclic amines) is 1. The topological polar surface area (TPSA) is 78.9 Å². The van der Waals surface area contributed by atoms with Crippen molar-refractivity contribution in [3.8, 4) is 0 Å². The second-order valence-electron chi connectivity index (χ2n) is 6.67. The summed E-state index contributed by atoms with van der Waals surface area (Å²) in [5, 5.41) is 12.2. The molecule has 0 aromatic carbocycles. The third-order valence-corrected chi connectivity index (χ3v) is 5.71. The highest BCUT2D eigenvalue weighted by Gasteiger charge is 2.59. The summed E-state index contributed by atoms with van der Waals surface area (Å²) in [6.07, 6.45) is 6.02. The predicted octanol–water partition coefficient (Wildman–Crippen LogP) is 1.45. The van der Waals surface area contributed by atoms with Crippen LogP contribution in [0.25, 0.3) is 0 Å². The number of carboxylic acids is 1. The molecule has 0 radical (unpaired) electrons. The number of carbonyl (C=O) groups is 2. The molecule has 0 aromatic rings. The maximum absolute atomic E-state index is 12.4. The Bertz CT molecular complexity index is 435. The summed E-state index contributed by atoms with van der Waals surface area (Å²) in [5.41, 5.74) is 0.145. The van der Waals surface area contributed by atoms with Crippen molar-refractivity contribution in [2.24, 2.45) is 11.3 Å². The van der Waals surface area contributed by atoms with Crippen LogP contribution in [-0.4, -0.2) is 54.4 Å². The SMILES string of the molecule is COC1CC(NC(=O)N2CCCC(C(=O)O)C2)C12CCC2. The molecule has 6 nitrogen and oxygen atoms in total. The second kappa shape index (κ2) is 5.48. The number of piperidine rings is 1. The highest BCUT2D eigenvalue weighted by Crippen LogP contribution is 2.57. The third kappa shape index (κ3) is 2.39. The Morgan fingerprint density at radius 1 is 1.33 bits per heavy atom. The van der Waals surface area contributed by atoms with Crippen LogP contribution in [0.4, 0.5) is 4.79 Å². The number of rotatable bonds is 3. The van der Waals surface area contributed by atoms with Crippen LogP contribution in [0.1, 0.15) is 38.5 Å². The van der Waals surface area contributed by atoms with E-state index in [2.05, 4.69) is 5.32 Å². The van der Waals surface area contributed by atoms with Gasteiger partial charge in [0.05, 0.1) is 12.0 Å². The third-order valence-electron chi connectivity index (χ3n) is 5.71. The first-order valence-corrected chi connectivity index (χ1v) is 7.88. The fourth-order valence-corrected chi connectivity index (χ4v) is 4.14. The van der Waals surface area contributed by atoms with Crippen LogP contribution in [0, 0.1) is 11.3 Å². The first-order chi connectivity index (χ1) is 10.1. The molecule has 2 aliphatic carbocycles. The van der Waals surface area contributed by atoms with E-state index in [0.29, 0.717) is 19.5 Å². The number of aliphatic carboxylic acids is 1. The summed E-state index contributed by atoms with van der Waals surface area (Å²) < 4.78 is 5.51. The van der Waals surface area contributed by atoms with Gasteiger partial charge in [0.2, 0.25) is 0 Å². The van der Waals surface area contributed by atoms with Gasteiger partial charge in [-0.05, 0) is 32.1 Å². The molecule has 6 heteroatoms. The smallest absolute Gasteiger partial charge is 0.317 e. The van der Waals surface area contributed by atoms with E-state index < -0.39 is 11.9 Å². The minimum absolute atomic E-state index is 0.105. The van der Waals surface area contributed by atoms with Crippen LogP contribution in [0.5, 0.6) is 0 Å². The molecule has 0 bridgehead atoms. The summed E-state index contributed by atoms with van der Waals surface area (Å²) in [6.45, 7) is 0.984. The summed E-state index contributed by atoms with van der Waals surface area (Å²) in [5.74, 6) is -1.22. The zero-order valence-corrected chi connectivity index (χ0v) is 12.5. The maximum atomic E-state index is 12.4. The highest BCUT2D eigenvalue weighted by atomic mass is 16.5. The fourth-order valence-electron chi connectivity index (χ4n) is 4.14. The molecule has 3 aliphatic rings. The Kier molecular flexibility index (Phi) is 3.82. The number of nitrogens with zero attached hydrogens (tertiary/aromatic N) is 1. The largest absolute Gasteiger partial charge is 0.481 e. The van der Waals surface area contributed by atoms with Crippen molar-refractivity contribution in [1.29, 1.82) is 0 Å². The number of methoxy groups -OCH3 is 1. The number of amides is 2. The van der Waals surface area contributed by atoms with Crippen LogP contribution in [0.3, 0.4) is 0 Å². The van der Waals surface area contributed by atoms with E-state index in [1.165, 1.54) is 6.42 Å². The second-order valence-corrected chi connectivity index (χ2v) is 6.67. The molecule has 1 aliphatic heterocycles. The lowest BCUT2D eigenvalue weighted by molar-refractivity contribution is -0.158. The van der Waals surface area contributed by atoms with E-state index in [1.807, 2.05) is 0 Å². The molecular formula is C15H24N2O4. The van der Waals surface area contributed by atoms with Crippen molar-refractivity contribution in [3.63, 3.8) is 0 Å². The summed E-state index contributed by atoms with van der Waals surface area (Å²) in [7, 11) is 1.74.